The molecule has 1 amide bonds. The van der Waals surface area contributed by atoms with E-state index in [0.717, 1.165) is 56.2 Å². The number of carbonyl (C=O) groups excluding carboxylic acids is 1. The first kappa shape index (κ1) is 19.4. The maximum absolute atomic E-state index is 12.6. The Morgan fingerprint density at radius 3 is 2.90 bits per heavy atom. The van der Waals surface area contributed by atoms with Crippen LogP contribution in [0.5, 0.6) is 11.5 Å². The Morgan fingerprint density at radius 2 is 2.07 bits per heavy atom. The number of ether oxygens (including phenoxy) is 2. The summed E-state index contributed by atoms with van der Waals surface area (Å²) in [6.45, 7) is 7.64. The van der Waals surface area contributed by atoms with Crippen LogP contribution in [0.2, 0.25) is 0 Å². The maximum Gasteiger partial charge on any atom is 0.273 e. The van der Waals surface area contributed by atoms with Gasteiger partial charge in [-0.25, -0.2) is 0 Å². The molecule has 160 valence electrons. The number of hydrogen-bond acceptors (Lipinski definition) is 6. The number of hydrogen-bond donors (Lipinski definition) is 1. The highest BCUT2D eigenvalue weighted by atomic mass is 16.7. The van der Waals surface area contributed by atoms with Gasteiger partial charge in [0.15, 0.2) is 17.2 Å². The number of rotatable bonds is 7. The molecule has 2 aliphatic heterocycles. The molecule has 1 aliphatic carbocycles. The number of carbonyl (C=O) groups is 1. The average molecular weight is 412 g/mol. The Bertz CT molecular complexity index is 923. The van der Waals surface area contributed by atoms with Crippen LogP contribution in [0.4, 0.5) is 0 Å². The molecule has 1 unspecified atom stereocenters. The van der Waals surface area contributed by atoms with Crippen molar-refractivity contribution in [3.63, 3.8) is 0 Å². The molecule has 1 aromatic carbocycles. The SMILES string of the molecule is CC(Cc1ccc2c(c1)OCO2)CN1C[C@H](C)[C@H](NC(=O)c2cc(C3CC3)on2)C1. The van der Waals surface area contributed by atoms with E-state index in [9.17, 15) is 4.79 Å². The molecule has 7 nitrogen and oxygen atoms in total. The third kappa shape index (κ3) is 4.17. The molecule has 1 aromatic heterocycles. The zero-order valence-electron chi connectivity index (χ0n) is 17.6. The molecular formula is C23H29N3O4. The van der Waals surface area contributed by atoms with Gasteiger partial charge in [-0.1, -0.05) is 25.1 Å². The summed E-state index contributed by atoms with van der Waals surface area (Å²) in [6.07, 6.45) is 3.26. The molecule has 0 radical (unpaired) electrons. The summed E-state index contributed by atoms with van der Waals surface area (Å²) < 4.78 is 16.2. The molecule has 3 atom stereocenters. The van der Waals surface area contributed by atoms with E-state index in [0.29, 0.717) is 30.2 Å². The van der Waals surface area contributed by atoms with E-state index in [4.69, 9.17) is 14.0 Å². The van der Waals surface area contributed by atoms with Crippen LogP contribution in [-0.2, 0) is 6.42 Å². The highest BCUT2D eigenvalue weighted by Gasteiger charge is 2.33. The lowest BCUT2D eigenvalue weighted by molar-refractivity contribution is 0.0922. The maximum atomic E-state index is 12.6. The summed E-state index contributed by atoms with van der Waals surface area (Å²) in [6, 6.07) is 8.14. The van der Waals surface area contributed by atoms with Crippen LogP contribution in [0.15, 0.2) is 28.8 Å². The molecular weight excluding hydrogens is 382 g/mol. The molecule has 3 heterocycles. The second kappa shape index (κ2) is 7.95. The predicted molar refractivity (Wildman–Crippen MR) is 111 cm³/mol. The van der Waals surface area contributed by atoms with E-state index >= 15 is 0 Å². The van der Waals surface area contributed by atoms with Crippen molar-refractivity contribution in [3.8, 4) is 11.5 Å². The third-order valence-electron chi connectivity index (χ3n) is 6.34. The van der Waals surface area contributed by atoms with Gasteiger partial charge >= 0.3 is 0 Å². The van der Waals surface area contributed by atoms with Gasteiger partial charge in [0.05, 0.1) is 0 Å². The van der Waals surface area contributed by atoms with Crippen molar-refractivity contribution in [1.29, 1.82) is 0 Å². The fourth-order valence-electron chi connectivity index (χ4n) is 4.58. The summed E-state index contributed by atoms with van der Waals surface area (Å²) in [5.74, 6) is 3.76. The van der Waals surface area contributed by atoms with Crippen molar-refractivity contribution in [2.24, 2.45) is 11.8 Å². The fourth-order valence-corrected chi connectivity index (χ4v) is 4.58. The van der Waals surface area contributed by atoms with Crippen LogP contribution in [0.3, 0.4) is 0 Å². The van der Waals surface area contributed by atoms with E-state index in [-0.39, 0.29) is 11.9 Å². The predicted octanol–water partition coefficient (Wildman–Crippen LogP) is 3.21. The van der Waals surface area contributed by atoms with Gasteiger partial charge in [0.1, 0.15) is 5.76 Å². The van der Waals surface area contributed by atoms with Gasteiger partial charge in [0.2, 0.25) is 6.79 Å². The number of nitrogens with zero attached hydrogens (tertiary/aromatic N) is 2. The highest BCUT2D eigenvalue weighted by molar-refractivity contribution is 5.92. The quantitative estimate of drug-likeness (QED) is 0.754. The van der Waals surface area contributed by atoms with Crippen LogP contribution in [-0.4, -0.2) is 48.4 Å². The van der Waals surface area contributed by atoms with Crippen molar-refractivity contribution >= 4 is 5.91 Å². The van der Waals surface area contributed by atoms with Gasteiger partial charge in [-0.15, -0.1) is 0 Å². The van der Waals surface area contributed by atoms with Crippen molar-refractivity contribution in [3.05, 3.63) is 41.3 Å². The highest BCUT2D eigenvalue weighted by Crippen LogP contribution is 2.40. The summed E-state index contributed by atoms with van der Waals surface area (Å²) in [7, 11) is 0. The Morgan fingerprint density at radius 1 is 1.23 bits per heavy atom. The zero-order valence-corrected chi connectivity index (χ0v) is 17.6. The zero-order chi connectivity index (χ0) is 20.7. The molecule has 1 saturated carbocycles. The first-order chi connectivity index (χ1) is 14.5. The minimum absolute atomic E-state index is 0.127. The molecule has 30 heavy (non-hydrogen) atoms. The Hall–Kier alpha value is -2.54. The second-order valence-electron chi connectivity index (χ2n) is 9.16. The van der Waals surface area contributed by atoms with Crippen molar-refractivity contribution in [2.45, 2.75) is 45.1 Å². The first-order valence-electron chi connectivity index (χ1n) is 10.9. The molecule has 5 rings (SSSR count). The van der Waals surface area contributed by atoms with E-state index in [1.807, 2.05) is 6.07 Å². The third-order valence-corrected chi connectivity index (χ3v) is 6.34. The molecule has 0 bridgehead atoms. The van der Waals surface area contributed by atoms with Gasteiger partial charge in [-0.2, -0.15) is 0 Å². The number of fused-ring (bicyclic) bond motifs is 1. The van der Waals surface area contributed by atoms with E-state index in [2.05, 4.69) is 41.4 Å². The standard InChI is InChI=1S/C23H29N3O4/c1-14(7-16-3-6-20-22(8-16)29-13-28-20)10-26-11-15(2)19(12-26)24-23(27)18-9-21(30-25-18)17-4-5-17/h3,6,8-9,14-15,17,19H,4-5,7,10-13H2,1-2H3,(H,24,27)/t14?,15-,19+/m0/s1. The minimum atomic E-state index is -0.127. The second-order valence-corrected chi connectivity index (χ2v) is 9.16. The Kier molecular flexibility index (Phi) is 5.15. The lowest BCUT2D eigenvalue weighted by Gasteiger charge is -2.21. The van der Waals surface area contributed by atoms with Crippen LogP contribution in [0.1, 0.15) is 54.4 Å². The minimum Gasteiger partial charge on any atom is -0.454 e. The number of likely N-dealkylation sites (tertiary alicyclic amines) is 1. The summed E-state index contributed by atoms with van der Waals surface area (Å²) >= 11 is 0. The summed E-state index contributed by atoms with van der Waals surface area (Å²) in [4.78, 5) is 15.0. The largest absolute Gasteiger partial charge is 0.454 e. The van der Waals surface area contributed by atoms with Gasteiger partial charge in [0, 0.05) is 37.7 Å². The van der Waals surface area contributed by atoms with Crippen molar-refractivity contribution in [1.82, 2.24) is 15.4 Å². The van der Waals surface area contributed by atoms with Crippen LogP contribution < -0.4 is 14.8 Å². The van der Waals surface area contributed by atoms with E-state index in [1.165, 1.54) is 5.56 Å². The molecule has 1 saturated heterocycles. The topological polar surface area (TPSA) is 76.8 Å². The van der Waals surface area contributed by atoms with Crippen LogP contribution in [0.25, 0.3) is 0 Å². The molecule has 3 aliphatic rings. The first-order valence-corrected chi connectivity index (χ1v) is 10.9. The number of aromatic nitrogens is 1. The lowest BCUT2D eigenvalue weighted by Crippen LogP contribution is -2.40. The fraction of sp³-hybridized carbons (Fsp3) is 0.565. The van der Waals surface area contributed by atoms with E-state index < -0.39 is 0 Å². The van der Waals surface area contributed by atoms with Crippen molar-refractivity contribution in [2.75, 3.05) is 26.4 Å². The lowest BCUT2D eigenvalue weighted by atomic mass is 10.0. The van der Waals surface area contributed by atoms with E-state index in [1.54, 1.807) is 6.07 Å². The molecule has 7 heteroatoms. The van der Waals surface area contributed by atoms with Crippen molar-refractivity contribution < 1.29 is 18.8 Å². The van der Waals surface area contributed by atoms with Crippen LogP contribution >= 0.6 is 0 Å². The van der Waals surface area contributed by atoms with Gasteiger partial charge in [0.25, 0.3) is 5.91 Å². The monoisotopic (exact) mass is 411 g/mol. The van der Waals surface area contributed by atoms with Gasteiger partial charge in [-0.3, -0.25) is 4.79 Å². The van der Waals surface area contributed by atoms with Gasteiger partial charge in [-0.05, 0) is 48.8 Å². The summed E-state index contributed by atoms with van der Waals surface area (Å²) in [5, 5.41) is 7.13. The number of nitrogens with one attached hydrogen (secondary N) is 1. The summed E-state index contributed by atoms with van der Waals surface area (Å²) in [5.41, 5.74) is 1.67. The molecule has 1 N–H and O–H groups in total. The Balaban J connectivity index is 1.12. The van der Waals surface area contributed by atoms with Crippen LogP contribution in [0, 0.1) is 11.8 Å². The van der Waals surface area contributed by atoms with Gasteiger partial charge < -0.3 is 24.2 Å². The normalized spacial score (nSPS) is 24.2. The molecule has 0 spiro atoms. The molecule has 2 fully saturated rings. The Labute approximate surface area is 176 Å². The average Bonchev–Trinajstić information content (AvgIpc) is 3.11. The smallest absolute Gasteiger partial charge is 0.273 e. The number of amides is 1. The number of benzene rings is 1. The molecule has 2 aromatic rings.